The molecule has 21 heavy (non-hydrogen) atoms. The van der Waals surface area contributed by atoms with Crippen LogP contribution in [0.2, 0.25) is 0 Å². The van der Waals surface area contributed by atoms with Crippen molar-refractivity contribution >= 4 is 17.3 Å². The standard InChI is InChI=1S/C16H19N3O2/c1-21-10-12-4-2-3-11(5-12)9-19-16(20)13-6-14(17)8-15(18)7-13/h2-8H,9-10,17-18H2,1H3,(H,19,20). The second kappa shape index (κ2) is 6.76. The molecule has 0 fully saturated rings. The van der Waals surface area contributed by atoms with Crippen LogP contribution < -0.4 is 16.8 Å². The summed E-state index contributed by atoms with van der Waals surface area (Å²) >= 11 is 0. The molecule has 0 aliphatic carbocycles. The molecule has 5 N–H and O–H groups in total. The van der Waals surface area contributed by atoms with Gasteiger partial charge in [-0.05, 0) is 29.3 Å². The van der Waals surface area contributed by atoms with Crippen LogP contribution in [-0.2, 0) is 17.9 Å². The molecular weight excluding hydrogens is 266 g/mol. The van der Waals surface area contributed by atoms with Crippen LogP contribution in [0.4, 0.5) is 11.4 Å². The highest BCUT2D eigenvalue weighted by Crippen LogP contribution is 2.14. The first-order chi connectivity index (χ1) is 10.1. The van der Waals surface area contributed by atoms with E-state index in [1.54, 1.807) is 25.3 Å². The Morgan fingerprint density at radius 2 is 1.76 bits per heavy atom. The van der Waals surface area contributed by atoms with Gasteiger partial charge in [-0.25, -0.2) is 0 Å². The zero-order valence-corrected chi connectivity index (χ0v) is 11.9. The number of anilines is 2. The van der Waals surface area contributed by atoms with Crippen molar-refractivity contribution in [2.24, 2.45) is 0 Å². The van der Waals surface area contributed by atoms with Gasteiger partial charge in [0, 0.05) is 30.6 Å². The lowest BCUT2D eigenvalue weighted by Crippen LogP contribution is -2.23. The van der Waals surface area contributed by atoms with Crippen molar-refractivity contribution < 1.29 is 9.53 Å². The fourth-order valence-corrected chi connectivity index (χ4v) is 2.09. The van der Waals surface area contributed by atoms with Gasteiger partial charge in [-0.1, -0.05) is 24.3 Å². The number of nitrogens with two attached hydrogens (primary N) is 2. The molecule has 0 unspecified atom stereocenters. The Morgan fingerprint density at radius 1 is 1.10 bits per heavy atom. The summed E-state index contributed by atoms with van der Waals surface area (Å²) in [4.78, 5) is 12.1. The van der Waals surface area contributed by atoms with E-state index < -0.39 is 0 Å². The van der Waals surface area contributed by atoms with E-state index in [1.807, 2.05) is 24.3 Å². The van der Waals surface area contributed by atoms with Crippen LogP contribution in [0.25, 0.3) is 0 Å². The molecule has 0 aliphatic heterocycles. The minimum Gasteiger partial charge on any atom is -0.399 e. The third-order valence-corrected chi connectivity index (χ3v) is 3.00. The van der Waals surface area contributed by atoms with E-state index >= 15 is 0 Å². The summed E-state index contributed by atoms with van der Waals surface area (Å²) in [7, 11) is 1.65. The lowest BCUT2D eigenvalue weighted by atomic mass is 10.1. The number of hydrogen-bond acceptors (Lipinski definition) is 4. The van der Waals surface area contributed by atoms with E-state index in [9.17, 15) is 4.79 Å². The van der Waals surface area contributed by atoms with Gasteiger partial charge in [-0.3, -0.25) is 4.79 Å². The topological polar surface area (TPSA) is 90.4 Å². The Bertz CT molecular complexity index is 621. The van der Waals surface area contributed by atoms with Crippen molar-refractivity contribution in [2.75, 3.05) is 18.6 Å². The van der Waals surface area contributed by atoms with Crippen LogP contribution in [-0.4, -0.2) is 13.0 Å². The van der Waals surface area contributed by atoms with Gasteiger partial charge >= 0.3 is 0 Å². The molecule has 0 bridgehead atoms. The Kier molecular flexibility index (Phi) is 4.79. The van der Waals surface area contributed by atoms with Crippen molar-refractivity contribution in [1.29, 1.82) is 0 Å². The molecule has 0 saturated carbocycles. The molecule has 1 amide bonds. The first kappa shape index (κ1) is 14.9. The molecule has 110 valence electrons. The number of ether oxygens (including phenoxy) is 1. The van der Waals surface area contributed by atoms with E-state index in [0.29, 0.717) is 30.1 Å². The minimum atomic E-state index is -0.203. The van der Waals surface area contributed by atoms with E-state index in [2.05, 4.69) is 5.32 Å². The number of benzene rings is 2. The second-order valence-electron chi connectivity index (χ2n) is 4.82. The predicted octanol–water partition coefficient (Wildman–Crippen LogP) is 1.93. The van der Waals surface area contributed by atoms with Crippen LogP contribution in [0.3, 0.4) is 0 Å². The number of amides is 1. The van der Waals surface area contributed by atoms with Crippen LogP contribution in [0.5, 0.6) is 0 Å². The van der Waals surface area contributed by atoms with Crippen LogP contribution in [0.15, 0.2) is 42.5 Å². The first-order valence-electron chi connectivity index (χ1n) is 6.59. The quantitative estimate of drug-likeness (QED) is 0.732. The van der Waals surface area contributed by atoms with Gasteiger partial charge < -0.3 is 21.5 Å². The molecular formula is C16H19N3O2. The molecule has 0 heterocycles. The zero-order chi connectivity index (χ0) is 15.2. The number of nitrogen functional groups attached to an aromatic ring is 2. The van der Waals surface area contributed by atoms with Gasteiger partial charge in [-0.15, -0.1) is 0 Å². The Balaban J connectivity index is 2.02. The number of methoxy groups -OCH3 is 1. The van der Waals surface area contributed by atoms with Crippen molar-refractivity contribution in [2.45, 2.75) is 13.2 Å². The predicted molar refractivity (Wildman–Crippen MR) is 83.6 cm³/mol. The molecule has 0 spiro atoms. The smallest absolute Gasteiger partial charge is 0.251 e. The van der Waals surface area contributed by atoms with Crippen molar-refractivity contribution in [3.05, 3.63) is 59.2 Å². The average Bonchev–Trinajstić information content (AvgIpc) is 2.44. The molecule has 2 aromatic rings. The summed E-state index contributed by atoms with van der Waals surface area (Å²) in [5.74, 6) is -0.203. The third kappa shape index (κ3) is 4.22. The molecule has 5 nitrogen and oxygen atoms in total. The minimum absolute atomic E-state index is 0.203. The van der Waals surface area contributed by atoms with E-state index in [-0.39, 0.29) is 5.91 Å². The van der Waals surface area contributed by atoms with E-state index in [0.717, 1.165) is 11.1 Å². The normalized spacial score (nSPS) is 10.3. The number of carbonyl (C=O) groups is 1. The van der Waals surface area contributed by atoms with Gasteiger partial charge in [0.25, 0.3) is 5.91 Å². The van der Waals surface area contributed by atoms with E-state index in [4.69, 9.17) is 16.2 Å². The maximum absolute atomic E-state index is 12.1. The molecule has 2 aromatic carbocycles. The summed E-state index contributed by atoms with van der Waals surface area (Å²) in [5.41, 5.74) is 14.9. The summed E-state index contributed by atoms with van der Waals surface area (Å²) in [6.45, 7) is 0.985. The summed E-state index contributed by atoms with van der Waals surface area (Å²) < 4.78 is 5.09. The van der Waals surface area contributed by atoms with Crippen LogP contribution >= 0.6 is 0 Å². The average molecular weight is 285 g/mol. The lowest BCUT2D eigenvalue weighted by Gasteiger charge is -2.08. The molecule has 0 aliphatic rings. The fraction of sp³-hybridized carbons (Fsp3) is 0.188. The fourth-order valence-electron chi connectivity index (χ4n) is 2.09. The maximum Gasteiger partial charge on any atom is 0.251 e. The number of rotatable bonds is 5. The summed E-state index contributed by atoms with van der Waals surface area (Å²) in [5, 5.41) is 2.85. The van der Waals surface area contributed by atoms with Crippen LogP contribution in [0.1, 0.15) is 21.5 Å². The van der Waals surface area contributed by atoms with Gasteiger partial charge in [0.15, 0.2) is 0 Å². The maximum atomic E-state index is 12.1. The Hall–Kier alpha value is -2.53. The van der Waals surface area contributed by atoms with Crippen molar-refractivity contribution in [3.63, 3.8) is 0 Å². The summed E-state index contributed by atoms with van der Waals surface area (Å²) in [6.07, 6.45) is 0. The van der Waals surface area contributed by atoms with Crippen LogP contribution in [0, 0.1) is 0 Å². The molecule has 2 rings (SSSR count). The van der Waals surface area contributed by atoms with Gasteiger partial charge in [-0.2, -0.15) is 0 Å². The molecule has 0 radical (unpaired) electrons. The van der Waals surface area contributed by atoms with Gasteiger partial charge in [0.2, 0.25) is 0 Å². The largest absolute Gasteiger partial charge is 0.399 e. The van der Waals surface area contributed by atoms with Gasteiger partial charge in [0.05, 0.1) is 6.61 Å². The number of hydrogen-bond donors (Lipinski definition) is 3. The Morgan fingerprint density at radius 3 is 2.43 bits per heavy atom. The molecule has 0 saturated heterocycles. The zero-order valence-electron chi connectivity index (χ0n) is 11.9. The lowest BCUT2D eigenvalue weighted by molar-refractivity contribution is 0.0951. The van der Waals surface area contributed by atoms with Crippen molar-refractivity contribution in [1.82, 2.24) is 5.32 Å². The highest BCUT2D eigenvalue weighted by molar-refractivity contribution is 5.96. The van der Waals surface area contributed by atoms with Gasteiger partial charge in [0.1, 0.15) is 0 Å². The van der Waals surface area contributed by atoms with E-state index in [1.165, 1.54) is 0 Å². The Labute approximate surface area is 123 Å². The molecule has 0 aromatic heterocycles. The number of carbonyl (C=O) groups excluding carboxylic acids is 1. The highest BCUT2D eigenvalue weighted by Gasteiger charge is 2.07. The SMILES string of the molecule is COCc1cccc(CNC(=O)c2cc(N)cc(N)c2)c1. The number of nitrogens with one attached hydrogen (secondary N) is 1. The third-order valence-electron chi connectivity index (χ3n) is 3.00. The molecule has 0 atom stereocenters. The molecule has 5 heteroatoms. The highest BCUT2D eigenvalue weighted by atomic mass is 16.5. The van der Waals surface area contributed by atoms with Crippen molar-refractivity contribution in [3.8, 4) is 0 Å². The monoisotopic (exact) mass is 285 g/mol. The summed E-state index contributed by atoms with van der Waals surface area (Å²) in [6, 6.07) is 12.7. The first-order valence-corrected chi connectivity index (χ1v) is 6.59. The second-order valence-corrected chi connectivity index (χ2v) is 4.82.